The van der Waals surface area contributed by atoms with Crippen LogP contribution in [0.5, 0.6) is 0 Å². The van der Waals surface area contributed by atoms with Gasteiger partial charge in [0.25, 0.3) is 10.0 Å². The zero-order valence-corrected chi connectivity index (χ0v) is 17.5. The van der Waals surface area contributed by atoms with Crippen molar-refractivity contribution in [2.24, 2.45) is 4.40 Å². The first-order valence-corrected chi connectivity index (χ1v) is 11.3. The molecule has 1 heterocycles. The van der Waals surface area contributed by atoms with Crippen LogP contribution in [0.4, 0.5) is 5.69 Å². The van der Waals surface area contributed by atoms with Gasteiger partial charge in [-0.1, -0.05) is 18.2 Å². The predicted octanol–water partition coefficient (Wildman–Crippen LogP) is 3.62. The number of nitrogens with zero attached hydrogens (tertiary/aromatic N) is 2. The number of amidine groups is 1. The number of amides is 1. The summed E-state index contributed by atoms with van der Waals surface area (Å²) in [6.07, 6.45) is 1.58. The van der Waals surface area contributed by atoms with E-state index in [0.29, 0.717) is 17.9 Å². The van der Waals surface area contributed by atoms with Crippen molar-refractivity contribution in [3.8, 4) is 0 Å². The second-order valence-corrected chi connectivity index (χ2v) is 9.61. The maximum atomic E-state index is 12.5. The molecule has 2 aromatic carbocycles. The molecule has 28 heavy (non-hydrogen) atoms. The molecular weight excluding hydrogens is 394 g/mol. The molecule has 1 fully saturated rings. The van der Waals surface area contributed by atoms with Crippen molar-refractivity contribution in [3.63, 3.8) is 0 Å². The lowest BCUT2D eigenvalue weighted by Crippen LogP contribution is -2.22. The van der Waals surface area contributed by atoms with Crippen LogP contribution in [-0.2, 0) is 14.8 Å². The molecule has 0 aromatic heterocycles. The van der Waals surface area contributed by atoms with E-state index in [1.165, 1.54) is 23.9 Å². The van der Waals surface area contributed by atoms with E-state index in [0.717, 1.165) is 17.9 Å². The molecule has 148 valence electrons. The van der Waals surface area contributed by atoms with Gasteiger partial charge in [-0.2, -0.15) is 8.42 Å². The van der Waals surface area contributed by atoms with Crippen molar-refractivity contribution in [2.75, 3.05) is 18.9 Å². The third-order valence-corrected chi connectivity index (χ3v) is 6.84. The first kappa shape index (κ1) is 20.4. The van der Waals surface area contributed by atoms with E-state index in [2.05, 4.69) is 9.71 Å². The molecule has 3 rings (SSSR count). The van der Waals surface area contributed by atoms with Gasteiger partial charge in [0.05, 0.1) is 10.1 Å². The summed E-state index contributed by atoms with van der Waals surface area (Å²) in [7, 11) is -1.91. The highest BCUT2D eigenvalue weighted by Crippen LogP contribution is 2.24. The van der Waals surface area contributed by atoms with Gasteiger partial charge in [-0.05, 0) is 49.7 Å². The Labute approximate surface area is 170 Å². The number of hydrogen-bond donors (Lipinski definition) is 1. The quantitative estimate of drug-likeness (QED) is 0.726. The zero-order chi connectivity index (χ0) is 20.1. The maximum Gasteiger partial charge on any atom is 0.283 e. The smallest absolute Gasteiger partial charge is 0.283 e. The second-order valence-electron chi connectivity index (χ2n) is 6.59. The summed E-state index contributed by atoms with van der Waals surface area (Å²) in [6.45, 7) is 2.65. The van der Waals surface area contributed by atoms with Gasteiger partial charge in [0, 0.05) is 30.6 Å². The Balaban J connectivity index is 1.64. The van der Waals surface area contributed by atoms with Crippen molar-refractivity contribution in [1.82, 2.24) is 4.90 Å². The topological polar surface area (TPSA) is 78.8 Å². The van der Waals surface area contributed by atoms with E-state index in [1.54, 1.807) is 12.1 Å². The monoisotopic (exact) mass is 417 g/mol. The Morgan fingerprint density at radius 2 is 1.82 bits per heavy atom. The largest absolute Gasteiger partial charge is 0.362 e. The van der Waals surface area contributed by atoms with Gasteiger partial charge in [0.2, 0.25) is 5.91 Å². The molecule has 1 aliphatic rings. The normalized spacial score (nSPS) is 16.9. The summed E-state index contributed by atoms with van der Waals surface area (Å²) in [5.41, 5.74) is 0.551. The van der Waals surface area contributed by atoms with Crippen LogP contribution in [0.15, 0.2) is 68.8 Å². The molecule has 1 saturated heterocycles. The lowest BCUT2D eigenvalue weighted by atomic mass is 10.3. The van der Waals surface area contributed by atoms with Gasteiger partial charge < -0.3 is 10.2 Å². The minimum atomic E-state index is -3.75. The van der Waals surface area contributed by atoms with Crippen molar-refractivity contribution in [2.45, 2.75) is 34.8 Å². The summed E-state index contributed by atoms with van der Waals surface area (Å²) >= 11 is 1.47. The lowest BCUT2D eigenvalue weighted by Gasteiger charge is -2.13. The van der Waals surface area contributed by atoms with Crippen LogP contribution in [0.2, 0.25) is 0 Å². The molecule has 0 aliphatic carbocycles. The Bertz CT molecular complexity index is 958. The van der Waals surface area contributed by atoms with E-state index in [9.17, 15) is 13.2 Å². The first-order valence-electron chi connectivity index (χ1n) is 9.03. The zero-order valence-electron chi connectivity index (χ0n) is 15.8. The molecule has 1 unspecified atom stereocenters. The number of carbonyl (C=O) groups is 1. The van der Waals surface area contributed by atoms with Crippen LogP contribution in [0.3, 0.4) is 0 Å². The summed E-state index contributed by atoms with van der Waals surface area (Å²) in [5, 5.41) is 2.54. The fourth-order valence-electron chi connectivity index (χ4n) is 2.81. The van der Waals surface area contributed by atoms with Crippen molar-refractivity contribution in [1.29, 1.82) is 0 Å². The number of benzene rings is 2. The molecule has 1 N–H and O–H groups in total. The molecular formula is C20H23N3O3S2. The first-order chi connectivity index (χ1) is 13.3. The Morgan fingerprint density at radius 1 is 1.14 bits per heavy atom. The Hall–Kier alpha value is -2.32. The summed E-state index contributed by atoms with van der Waals surface area (Å²) in [4.78, 5) is 15.4. The lowest BCUT2D eigenvalue weighted by molar-refractivity contribution is -0.115. The number of rotatable bonds is 6. The number of likely N-dealkylation sites (tertiary alicyclic amines) is 1. The van der Waals surface area contributed by atoms with Gasteiger partial charge in [-0.25, -0.2) is 0 Å². The minimum Gasteiger partial charge on any atom is -0.362 e. The minimum absolute atomic E-state index is 0.116. The number of nitrogens with one attached hydrogen (secondary N) is 1. The van der Waals surface area contributed by atoms with Crippen LogP contribution < -0.4 is 5.32 Å². The molecule has 6 nitrogen and oxygen atoms in total. The number of anilines is 1. The number of hydrogen-bond acceptors (Lipinski definition) is 4. The average molecular weight is 418 g/mol. The SMILES string of the molecule is CC(Sc1ccccc1)C(=O)Nc1ccc(S(=O)(=O)/N=C2/CCCN2C)cc1. The third-order valence-electron chi connectivity index (χ3n) is 4.41. The Kier molecular flexibility index (Phi) is 6.41. The Morgan fingerprint density at radius 3 is 2.43 bits per heavy atom. The summed E-state index contributed by atoms with van der Waals surface area (Å²) < 4.78 is 28.9. The molecule has 0 bridgehead atoms. The van der Waals surface area contributed by atoms with Gasteiger partial charge in [-0.3, -0.25) is 4.79 Å². The second kappa shape index (κ2) is 8.79. The van der Waals surface area contributed by atoms with Crippen LogP contribution in [0, 0.1) is 0 Å². The van der Waals surface area contributed by atoms with Crippen LogP contribution in [-0.4, -0.2) is 43.9 Å². The van der Waals surface area contributed by atoms with E-state index >= 15 is 0 Å². The van der Waals surface area contributed by atoms with E-state index < -0.39 is 10.0 Å². The third kappa shape index (κ3) is 5.14. The predicted molar refractivity (Wildman–Crippen MR) is 113 cm³/mol. The highest BCUT2D eigenvalue weighted by molar-refractivity contribution is 8.00. The van der Waals surface area contributed by atoms with Crippen molar-refractivity contribution >= 4 is 39.2 Å². The van der Waals surface area contributed by atoms with Gasteiger partial charge in [-0.15, -0.1) is 16.2 Å². The van der Waals surface area contributed by atoms with E-state index in [4.69, 9.17) is 0 Å². The summed E-state index contributed by atoms with van der Waals surface area (Å²) in [6, 6.07) is 15.8. The standard InChI is InChI=1S/C20H23N3O3S2/c1-15(27-17-7-4-3-5-8-17)20(24)21-16-10-12-18(13-11-16)28(25,26)22-19-9-6-14-23(19)2/h3-5,7-8,10-13,15H,6,9,14H2,1-2H3,(H,21,24)/b22-19-. The fourth-order valence-corrected chi connectivity index (χ4v) is 4.79. The van der Waals surface area contributed by atoms with Crippen molar-refractivity contribution < 1.29 is 13.2 Å². The molecule has 0 saturated carbocycles. The van der Waals surface area contributed by atoms with Crippen LogP contribution >= 0.6 is 11.8 Å². The maximum absolute atomic E-state index is 12.5. The van der Waals surface area contributed by atoms with Crippen LogP contribution in [0.1, 0.15) is 19.8 Å². The van der Waals surface area contributed by atoms with Crippen molar-refractivity contribution in [3.05, 3.63) is 54.6 Å². The number of carbonyl (C=O) groups excluding carboxylic acids is 1. The molecule has 1 amide bonds. The van der Waals surface area contributed by atoms with Gasteiger partial charge >= 0.3 is 0 Å². The average Bonchev–Trinajstić information content (AvgIpc) is 3.07. The highest BCUT2D eigenvalue weighted by atomic mass is 32.2. The molecule has 2 aromatic rings. The highest BCUT2D eigenvalue weighted by Gasteiger charge is 2.20. The summed E-state index contributed by atoms with van der Waals surface area (Å²) in [5.74, 6) is 0.446. The number of sulfonamides is 1. The fraction of sp³-hybridized carbons (Fsp3) is 0.300. The van der Waals surface area contributed by atoms with E-state index in [-0.39, 0.29) is 16.1 Å². The van der Waals surface area contributed by atoms with Gasteiger partial charge in [0.1, 0.15) is 5.84 Å². The number of thioether (sulfide) groups is 1. The molecule has 0 spiro atoms. The molecule has 1 aliphatic heterocycles. The molecule has 8 heteroatoms. The molecule has 0 radical (unpaired) electrons. The van der Waals surface area contributed by atoms with Gasteiger partial charge in [0.15, 0.2) is 0 Å². The van der Waals surface area contributed by atoms with E-state index in [1.807, 2.05) is 49.2 Å². The molecule has 1 atom stereocenters. The van der Waals surface area contributed by atoms with Crippen LogP contribution in [0.25, 0.3) is 0 Å².